The fourth-order valence-corrected chi connectivity index (χ4v) is 1.97. The van der Waals surface area contributed by atoms with E-state index in [1.165, 1.54) is 6.08 Å². The highest BCUT2D eigenvalue weighted by Gasteiger charge is 2.30. The molecule has 1 aromatic heterocycles. The highest BCUT2D eigenvalue weighted by Crippen LogP contribution is 2.30. The van der Waals surface area contributed by atoms with Gasteiger partial charge in [-0.05, 0) is 50.3 Å². The molecule has 0 amide bonds. The Bertz CT molecular complexity index is 771. The van der Waals surface area contributed by atoms with E-state index in [0.717, 1.165) is 12.1 Å². The largest absolute Gasteiger partial charge is 0.487 e. The van der Waals surface area contributed by atoms with Gasteiger partial charge < -0.3 is 14.2 Å². The van der Waals surface area contributed by atoms with E-state index in [-0.39, 0.29) is 12.0 Å². The maximum Gasteiger partial charge on any atom is 0.417 e. The van der Waals surface area contributed by atoms with Crippen molar-refractivity contribution in [1.82, 2.24) is 4.98 Å². The number of pyridine rings is 1. The van der Waals surface area contributed by atoms with Crippen LogP contribution in [-0.2, 0) is 15.7 Å². The quantitative estimate of drug-likeness (QED) is 0.510. The topological polar surface area (TPSA) is 57.7 Å². The number of rotatable bonds is 7. The first-order chi connectivity index (χ1) is 12.8. The first kappa shape index (κ1) is 20.3. The fraction of sp³-hybridized carbons (Fsp3) is 0.263. The van der Waals surface area contributed by atoms with Gasteiger partial charge in [-0.2, -0.15) is 13.2 Å². The average molecular weight is 381 g/mol. The minimum absolute atomic E-state index is 0.0439. The van der Waals surface area contributed by atoms with E-state index in [2.05, 4.69) is 4.98 Å². The van der Waals surface area contributed by atoms with Crippen LogP contribution in [-0.4, -0.2) is 23.7 Å². The van der Waals surface area contributed by atoms with Crippen molar-refractivity contribution >= 4 is 5.97 Å². The van der Waals surface area contributed by atoms with Gasteiger partial charge in [-0.25, -0.2) is 9.78 Å². The molecule has 0 saturated carbocycles. The molecule has 1 unspecified atom stereocenters. The Balaban J connectivity index is 1.92. The van der Waals surface area contributed by atoms with Crippen LogP contribution in [0.15, 0.2) is 54.7 Å². The van der Waals surface area contributed by atoms with Crippen molar-refractivity contribution in [3.8, 4) is 17.4 Å². The van der Waals surface area contributed by atoms with Crippen molar-refractivity contribution < 1.29 is 32.2 Å². The van der Waals surface area contributed by atoms with Crippen molar-refractivity contribution in [2.45, 2.75) is 26.1 Å². The van der Waals surface area contributed by atoms with Crippen LogP contribution < -0.4 is 9.47 Å². The summed E-state index contributed by atoms with van der Waals surface area (Å²) in [6.45, 7) is 3.77. The molecule has 8 heteroatoms. The lowest BCUT2D eigenvalue weighted by Gasteiger charge is -2.12. The predicted molar refractivity (Wildman–Crippen MR) is 91.6 cm³/mol. The molecule has 0 aliphatic carbocycles. The number of benzene rings is 1. The van der Waals surface area contributed by atoms with Gasteiger partial charge in [-0.15, -0.1) is 0 Å². The minimum atomic E-state index is -4.44. The van der Waals surface area contributed by atoms with Gasteiger partial charge in [0.2, 0.25) is 5.88 Å². The molecular formula is C19H18F3NO4. The van der Waals surface area contributed by atoms with Gasteiger partial charge in [0.1, 0.15) is 17.6 Å². The molecule has 1 heterocycles. The summed E-state index contributed by atoms with van der Waals surface area (Å²) in [6, 6.07) is 8.50. The average Bonchev–Trinajstić information content (AvgIpc) is 2.62. The van der Waals surface area contributed by atoms with Crippen LogP contribution in [0.3, 0.4) is 0 Å². The summed E-state index contributed by atoms with van der Waals surface area (Å²) in [6.07, 6.45) is -1.23. The Morgan fingerprint density at radius 1 is 1.15 bits per heavy atom. The van der Waals surface area contributed by atoms with Crippen molar-refractivity contribution in [1.29, 1.82) is 0 Å². The molecule has 2 rings (SSSR count). The number of halogens is 3. The van der Waals surface area contributed by atoms with Gasteiger partial charge >= 0.3 is 12.1 Å². The molecule has 27 heavy (non-hydrogen) atoms. The summed E-state index contributed by atoms with van der Waals surface area (Å²) >= 11 is 0. The Morgan fingerprint density at radius 2 is 1.81 bits per heavy atom. The van der Waals surface area contributed by atoms with Gasteiger partial charge in [0, 0.05) is 18.3 Å². The Kier molecular flexibility index (Phi) is 6.81. The third-order valence-corrected chi connectivity index (χ3v) is 3.22. The summed E-state index contributed by atoms with van der Waals surface area (Å²) in [7, 11) is 0. The van der Waals surface area contributed by atoms with Gasteiger partial charge in [-0.1, -0.05) is 0 Å². The standard InChI is InChI=1S/C19H18F3NO4/c1-3-25-18(24)11-4-13(2)26-15-6-8-16(9-7-15)27-17-10-5-14(12-23-17)19(20,21)22/h4-13H,3H2,1-2H3/b11-4+. The molecule has 0 radical (unpaired) electrons. The van der Waals surface area contributed by atoms with Crippen LogP contribution in [0.4, 0.5) is 13.2 Å². The maximum absolute atomic E-state index is 12.5. The summed E-state index contributed by atoms with van der Waals surface area (Å²) in [5, 5.41) is 0. The molecule has 0 saturated heterocycles. The summed E-state index contributed by atoms with van der Waals surface area (Å²) in [5.74, 6) is 0.524. The fourth-order valence-electron chi connectivity index (χ4n) is 1.97. The maximum atomic E-state index is 12.5. The second-order valence-electron chi connectivity index (χ2n) is 5.39. The first-order valence-corrected chi connectivity index (χ1v) is 8.10. The van der Waals surface area contributed by atoms with E-state index in [0.29, 0.717) is 24.3 Å². The summed E-state index contributed by atoms with van der Waals surface area (Å²) in [4.78, 5) is 14.9. The van der Waals surface area contributed by atoms with Crippen LogP contribution in [0.2, 0.25) is 0 Å². The van der Waals surface area contributed by atoms with Crippen LogP contribution >= 0.6 is 0 Å². The number of esters is 1. The third-order valence-electron chi connectivity index (χ3n) is 3.22. The Morgan fingerprint density at radius 3 is 2.37 bits per heavy atom. The smallest absolute Gasteiger partial charge is 0.417 e. The lowest BCUT2D eigenvalue weighted by atomic mass is 10.3. The number of aromatic nitrogens is 1. The Hall–Kier alpha value is -3.03. The molecule has 0 spiro atoms. The van der Waals surface area contributed by atoms with E-state index >= 15 is 0 Å². The van der Waals surface area contributed by atoms with Crippen LogP contribution in [0, 0.1) is 0 Å². The van der Waals surface area contributed by atoms with E-state index in [9.17, 15) is 18.0 Å². The number of ether oxygens (including phenoxy) is 3. The molecule has 0 bridgehead atoms. The van der Waals surface area contributed by atoms with E-state index in [1.54, 1.807) is 44.2 Å². The van der Waals surface area contributed by atoms with Crippen molar-refractivity contribution in [3.63, 3.8) is 0 Å². The van der Waals surface area contributed by atoms with Crippen molar-refractivity contribution in [2.75, 3.05) is 6.61 Å². The van der Waals surface area contributed by atoms with Gasteiger partial charge in [0.25, 0.3) is 0 Å². The SMILES string of the molecule is CCOC(=O)/C=C/C(C)Oc1ccc(Oc2ccc(C(F)(F)F)cn2)cc1. The molecule has 1 aromatic carbocycles. The zero-order valence-corrected chi connectivity index (χ0v) is 14.7. The highest BCUT2D eigenvalue weighted by molar-refractivity contribution is 5.81. The van der Waals surface area contributed by atoms with Crippen LogP contribution in [0.5, 0.6) is 17.4 Å². The van der Waals surface area contributed by atoms with Gasteiger partial charge in [0.15, 0.2) is 0 Å². The predicted octanol–water partition coefficient (Wildman–Crippen LogP) is 4.78. The molecule has 0 fully saturated rings. The number of carbonyl (C=O) groups is 1. The molecule has 0 N–H and O–H groups in total. The van der Waals surface area contributed by atoms with Crippen molar-refractivity contribution in [2.24, 2.45) is 0 Å². The number of hydrogen-bond acceptors (Lipinski definition) is 5. The summed E-state index contributed by atoms with van der Waals surface area (Å²) in [5.41, 5.74) is -0.844. The zero-order chi connectivity index (χ0) is 19.9. The second-order valence-corrected chi connectivity index (χ2v) is 5.39. The molecule has 0 aliphatic heterocycles. The molecule has 2 aromatic rings. The molecule has 1 atom stereocenters. The van der Waals surface area contributed by atoms with E-state index < -0.39 is 17.7 Å². The van der Waals surface area contributed by atoms with E-state index in [4.69, 9.17) is 14.2 Å². The second kappa shape index (κ2) is 9.07. The van der Waals surface area contributed by atoms with Gasteiger partial charge in [0.05, 0.1) is 12.2 Å². The molecule has 144 valence electrons. The number of alkyl halides is 3. The molecular weight excluding hydrogens is 363 g/mol. The third kappa shape index (κ3) is 6.65. The monoisotopic (exact) mass is 381 g/mol. The van der Waals surface area contributed by atoms with Gasteiger partial charge in [-0.3, -0.25) is 0 Å². The molecule has 0 aliphatic rings. The van der Waals surface area contributed by atoms with Crippen molar-refractivity contribution in [3.05, 3.63) is 60.3 Å². The van der Waals surface area contributed by atoms with Crippen LogP contribution in [0.25, 0.3) is 0 Å². The number of hydrogen-bond donors (Lipinski definition) is 0. The van der Waals surface area contributed by atoms with E-state index in [1.807, 2.05) is 0 Å². The number of carbonyl (C=O) groups excluding carboxylic acids is 1. The lowest BCUT2D eigenvalue weighted by molar-refractivity contribution is -0.138. The lowest BCUT2D eigenvalue weighted by Crippen LogP contribution is -2.09. The minimum Gasteiger partial charge on any atom is -0.487 e. The summed E-state index contributed by atoms with van der Waals surface area (Å²) < 4.78 is 53.3. The normalized spacial score (nSPS) is 12.6. The first-order valence-electron chi connectivity index (χ1n) is 8.10. The Labute approximate surface area is 154 Å². The molecule has 5 nitrogen and oxygen atoms in total. The zero-order valence-electron chi connectivity index (χ0n) is 14.7. The number of nitrogens with zero attached hydrogens (tertiary/aromatic N) is 1. The van der Waals surface area contributed by atoms with Crippen LogP contribution in [0.1, 0.15) is 19.4 Å². The highest BCUT2D eigenvalue weighted by atomic mass is 19.4.